The molecule has 0 radical (unpaired) electrons. The molecule has 11 heteroatoms. The summed E-state index contributed by atoms with van der Waals surface area (Å²) in [5.41, 5.74) is -0.410. The number of ether oxygens (including phenoxy) is 2. The highest BCUT2D eigenvalue weighted by molar-refractivity contribution is 7.22. The average molecular weight is 431 g/mol. The Bertz CT molecular complexity index is 1040. The first-order valence-electron chi connectivity index (χ1n) is 7.61. The Morgan fingerprint density at radius 3 is 2.54 bits per heavy atom. The van der Waals surface area contributed by atoms with Crippen LogP contribution < -0.4 is 10.1 Å². The van der Waals surface area contributed by atoms with E-state index in [2.05, 4.69) is 10.3 Å². The van der Waals surface area contributed by atoms with Crippen molar-refractivity contribution in [3.63, 3.8) is 0 Å². The third kappa shape index (κ3) is 4.70. The lowest BCUT2D eigenvalue weighted by atomic mass is 10.3. The molecule has 1 heterocycles. The van der Waals surface area contributed by atoms with Crippen LogP contribution in [0.4, 0.5) is 18.3 Å². The molecular formula is C17H10ClF3N2O4S. The van der Waals surface area contributed by atoms with Crippen molar-refractivity contribution in [2.24, 2.45) is 0 Å². The molecule has 3 rings (SSSR count). The molecule has 0 saturated carbocycles. The van der Waals surface area contributed by atoms with Crippen molar-refractivity contribution in [1.29, 1.82) is 0 Å². The molecule has 0 saturated heterocycles. The zero-order valence-electron chi connectivity index (χ0n) is 13.8. The van der Waals surface area contributed by atoms with E-state index in [4.69, 9.17) is 21.1 Å². The van der Waals surface area contributed by atoms with Crippen LogP contribution in [0.25, 0.3) is 10.2 Å². The first-order chi connectivity index (χ1) is 13.3. The van der Waals surface area contributed by atoms with Crippen LogP contribution in [0.1, 0.15) is 0 Å². The largest absolute Gasteiger partial charge is 0.482 e. The Labute approximate surface area is 164 Å². The second-order valence-electron chi connectivity index (χ2n) is 5.30. The van der Waals surface area contributed by atoms with Crippen molar-refractivity contribution in [3.8, 4) is 5.75 Å². The molecule has 0 fully saturated rings. The SMILES string of the molecule is O=C(COC(=O)COc1ccc(Cl)cc1)Nc1nc2c(F)c(F)c(F)cc2s1. The maximum absolute atomic E-state index is 13.6. The first-order valence-corrected chi connectivity index (χ1v) is 8.81. The van der Waals surface area contributed by atoms with Gasteiger partial charge in [-0.25, -0.2) is 22.9 Å². The van der Waals surface area contributed by atoms with Gasteiger partial charge in [-0.3, -0.25) is 10.1 Å². The van der Waals surface area contributed by atoms with E-state index in [1.54, 1.807) is 24.3 Å². The molecule has 146 valence electrons. The summed E-state index contributed by atoms with van der Waals surface area (Å²) in [5.74, 6) is -5.63. The zero-order chi connectivity index (χ0) is 20.3. The summed E-state index contributed by atoms with van der Waals surface area (Å²) in [6.45, 7) is -1.08. The number of fused-ring (bicyclic) bond motifs is 1. The number of carbonyl (C=O) groups is 2. The number of thiazole rings is 1. The molecule has 6 nitrogen and oxygen atoms in total. The number of carbonyl (C=O) groups excluding carboxylic acids is 2. The molecule has 0 aliphatic carbocycles. The molecule has 0 atom stereocenters. The van der Waals surface area contributed by atoms with Crippen molar-refractivity contribution >= 4 is 50.2 Å². The topological polar surface area (TPSA) is 77.5 Å². The van der Waals surface area contributed by atoms with Crippen LogP contribution >= 0.6 is 22.9 Å². The van der Waals surface area contributed by atoms with E-state index in [9.17, 15) is 22.8 Å². The van der Waals surface area contributed by atoms with Gasteiger partial charge in [-0.2, -0.15) is 0 Å². The summed E-state index contributed by atoms with van der Waals surface area (Å²) >= 11 is 6.46. The Balaban J connectivity index is 1.51. The van der Waals surface area contributed by atoms with Crippen LogP contribution in [0.2, 0.25) is 5.02 Å². The van der Waals surface area contributed by atoms with Crippen LogP contribution in [0.3, 0.4) is 0 Å². The highest BCUT2D eigenvalue weighted by Gasteiger charge is 2.18. The lowest BCUT2D eigenvalue weighted by Gasteiger charge is -2.06. The van der Waals surface area contributed by atoms with Crippen LogP contribution in [-0.4, -0.2) is 30.1 Å². The predicted molar refractivity (Wildman–Crippen MR) is 96.0 cm³/mol. The standard InChI is InChI=1S/C17H10ClF3N2O4S/c18-8-1-3-9(4-2-8)26-7-13(25)27-6-12(24)22-17-23-16-11(28-17)5-10(19)14(20)15(16)21/h1-5H,6-7H2,(H,22,23,24). The summed E-state index contributed by atoms with van der Waals surface area (Å²) in [7, 11) is 0. The van der Waals surface area contributed by atoms with E-state index >= 15 is 0 Å². The summed E-state index contributed by atoms with van der Waals surface area (Å²) in [4.78, 5) is 27.1. The Hall–Kier alpha value is -2.85. The van der Waals surface area contributed by atoms with Gasteiger partial charge in [0.2, 0.25) is 0 Å². The molecule has 28 heavy (non-hydrogen) atoms. The van der Waals surface area contributed by atoms with Crippen molar-refractivity contribution < 1.29 is 32.2 Å². The number of halogens is 4. The van der Waals surface area contributed by atoms with Crippen LogP contribution in [0.5, 0.6) is 5.75 Å². The summed E-state index contributed by atoms with van der Waals surface area (Å²) in [5, 5.41) is 2.66. The lowest BCUT2D eigenvalue weighted by molar-refractivity contribution is -0.149. The second kappa shape index (κ2) is 8.44. The normalized spacial score (nSPS) is 10.7. The van der Waals surface area contributed by atoms with E-state index in [1.807, 2.05) is 0 Å². The van der Waals surface area contributed by atoms with Crippen molar-refractivity contribution in [2.75, 3.05) is 18.5 Å². The third-order valence-corrected chi connectivity index (χ3v) is 4.47. The third-order valence-electron chi connectivity index (χ3n) is 3.30. The van der Waals surface area contributed by atoms with E-state index in [-0.39, 0.29) is 9.83 Å². The van der Waals surface area contributed by atoms with Gasteiger partial charge in [0, 0.05) is 5.02 Å². The Morgan fingerprint density at radius 2 is 1.82 bits per heavy atom. The molecular weight excluding hydrogens is 421 g/mol. The molecule has 1 aromatic heterocycles. The summed E-state index contributed by atoms with van der Waals surface area (Å²) in [6, 6.07) is 7.04. The molecule has 2 aromatic carbocycles. The number of rotatable bonds is 6. The fraction of sp³-hybridized carbons (Fsp3) is 0.118. The number of amides is 1. The van der Waals surface area contributed by atoms with Gasteiger partial charge in [-0.15, -0.1) is 0 Å². The second-order valence-corrected chi connectivity index (χ2v) is 6.77. The highest BCUT2D eigenvalue weighted by Crippen LogP contribution is 2.30. The van der Waals surface area contributed by atoms with Crippen molar-refractivity contribution in [3.05, 3.63) is 52.8 Å². The quantitative estimate of drug-likeness (QED) is 0.473. The van der Waals surface area contributed by atoms with Crippen molar-refractivity contribution in [1.82, 2.24) is 4.98 Å². The zero-order valence-corrected chi connectivity index (χ0v) is 15.4. The fourth-order valence-electron chi connectivity index (χ4n) is 2.04. The molecule has 0 unspecified atom stereocenters. The summed E-state index contributed by atoms with van der Waals surface area (Å²) in [6.07, 6.45) is 0. The Morgan fingerprint density at radius 1 is 1.11 bits per heavy atom. The number of nitrogens with zero attached hydrogens (tertiary/aromatic N) is 1. The average Bonchev–Trinajstić information content (AvgIpc) is 3.06. The number of hydrogen-bond acceptors (Lipinski definition) is 6. The van der Waals surface area contributed by atoms with Gasteiger partial charge >= 0.3 is 5.97 Å². The van der Waals surface area contributed by atoms with Gasteiger partial charge in [0.25, 0.3) is 5.91 Å². The smallest absolute Gasteiger partial charge is 0.344 e. The highest BCUT2D eigenvalue weighted by atomic mass is 35.5. The molecule has 0 aliphatic rings. The minimum absolute atomic E-state index is 0.0139. The van der Waals surface area contributed by atoms with Gasteiger partial charge in [-0.05, 0) is 30.3 Å². The molecule has 0 bridgehead atoms. The summed E-state index contributed by atoms with van der Waals surface area (Å²) < 4.78 is 50.0. The van der Waals surface area contributed by atoms with Gasteiger partial charge < -0.3 is 9.47 Å². The fourth-order valence-corrected chi connectivity index (χ4v) is 3.07. The Kier molecular flexibility index (Phi) is 6.00. The van der Waals surface area contributed by atoms with Crippen LogP contribution in [0, 0.1) is 17.5 Å². The molecule has 0 aliphatic heterocycles. The van der Waals surface area contributed by atoms with Crippen molar-refractivity contribution in [2.45, 2.75) is 0 Å². The molecule has 1 N–H and O–H groups in total. The number of esters is 1. The molecule has 1 amide bonds. The van der Waals surface area contributed by atoms with E-state index < -0.39 is 48.1 Å². The minimum atomic E-state index is -1.65. The van der Waals surface area contributed by atoms with E-state index in [0.717, 1.165) is 17.4 Å². The van der Waals surface area contributed by atoms with Gasteiger partial charge in [0.1, 0.15) is 11.3 Å². The number of benzene rings is 2. The lowest BCUT2D eigenvalue weighted by Crippen LogP contribution is -2.23. The number of aromatic nitrogens is 1. The molecule has 0 spiro atoms. The number of hydrogen-bond donors (Lipinski definition) is 1. The van der Waals surface area contributed by atoms with E-state index in [0.29, 0.717) is 10.8 Å². The number of nitrogens with one attached hydrogen (secondary N) is 1. The monoisotopic (exact) mass is 430 g/mol. The number of anilines is 1. The maximum Gasteiger partial charge on any atom is 0.344 e. The van der Waals surface area contributed by atoms with Gasteiger partial charge in [-0.1, -0.05) is 22.9 Å². The van der Waals surface area contributed by atoms with E-state index in [1.165, 1.54) is 0 Å². The predicted octanol–water partition coefficient (Wildman–Crippen LogP) is 3.93. The minimum Gasteiger partial charge on any atom is -0.482 e. The van der Waals surface area contributed by atoms with Gasteiger partial charge in [0.15, 0.2) is 35.8 Å². The van der Waals surface area contributed by atoms with Gasteiger partial charge in [0.05, 0.1) is 4.70 Å². The van der Waals surface area contributed by atoms with Crippen LogP contribution in [0.15, 0.2) is 30.3 Å². The molecule has 3 aromatic rings. The first kappa shape index (κ1) is 19.9. The maximum atomic E-state index is 13.6. The van der Waals surface area contributed by atoms with Crippen LogP contribution in [-0.2, 0) is 14.3 Å².